The second-order valence-electron chi connectivity index (χ2n) is 8.14. The van der Waals surface area contributed by atoms with Gasteiger partial charge in [-0.2, -0.15) is 26.3 Å². The first kappa shape index (κ1) is 33.3. The summed E-state index contributed by atoms with van der Waals surface area (Å²) in [6.07, 6.45) is -14.3. The van der Waals surface area contributed by atoms with Crippen molar-refractivity contribution in [3.8, 4) is 16.9 Å². The molecule has 0 aliphatic heterocycles. The summed E-state index contributed by atoms with van der Waals surface area (Å²) in [4.78, 5) is 0. The van der Waals surface area contributed by atoms with Crippen LogP contribution in [0.5, 0.6) is 5.75 Å². The Balaban J connectivity index is 0.000000256. The van der Waals surface area contributed by atoms with Gasteiger partial charge in [-0.25, -0.2) is 0 Å². The van der Waals surface area contributed by atoms with Gasteiger partial charge in [-0.3, -0.25) is 8.80 Å². The molecule has 0 aliphatic carbocycles. The van der Waals surface area contributed by atoms with Gasteiger partial charge in [0.15, 0.2) is 11.3 Å². The van der Waals surface area contributed by atoms with Gasteiger partial charge < -0.3 is 14.9 Å². The quantitative estimate of drug-likeness (QED) is 0.220. The topological polar surface area (TPSA) is 110 Å². The highest BCUT2D eigenvalue weighted by atomic mass is 35.5. The number of hydrogen-bond acceptors (Lipinski definition) is 7. The van der Waals surface area contributed by atoms with Crippen LogP contribution in [-0.2, 0) is 25.6 Å². The third kappa shape index (κ3) is 7.08. The van der Waals surface area contributed by atoms with Crippen molar-refractivity contribution in [1.29, 1.82) is 0 Å². The van der Waals surface area contributed by atoms with E-state index >= 15 is 0 Å². The number of hydrogen-bond donors (Lipinski definition) is 2. The zero-order chi connectivity index (χ0) is 31.0. The molecule has 1 aromatic carbocycles. The number of nitrogens with zero attached hydrogens (tertiary/aromatic N) is 6. The van der Waals surface area contributed by atoms with Crippen LogP contribution >= 0.6 is 11.6 Å². The van der Waals surface area contributed by atoms with Crippen LogP contribution in [0.15, 0.2) is 48.5 Å². The number of halogens is 10. The van der Waals surface area contributed by atoms with Gasteiger partial charge in [-0.15, -0.1) is 33.6 Å². The van der Waals surface area contributed by atoms with Crippen molar-refractivity contribution in [2.24, 2.45) is 0 Å². The lowest BCUT2D eigenvalue weighted by Crippen LogP contribution is -2.17. The largest absolute Gasteiger partial charge is 0.573 e. The molecule has 0 saturated carbocycles. The molecule has 0 bridgehead atoms. The molecule has 0 amide bonds. The van der Waals surface area contributed by atoms with Crippen LogP contribution in [0.2, 0.25) is 5.02 Å². The van der Waals surface area contributed by atoms with Gasteiger partial charge >= 0.3 is 18.7 Å². The van der Waals surface area contributed by atoms with Gasteiger partial charge in [0, 0.05) is 5.56 Å². The molecule has 4 heterocycles. The van der Waals surface area contributed by atoms with E-state index < -0.39 is 49.3 Å². The van der Waals surface area contributed by atoms with E-state index in [4.69, 9.17) is 16.7 Å². The third-order valence-corrected chi connectivity index (χ3v) is 5.83. The van der Waals surface area contributed by atoms with Gasteiger partial charge in [0.25, 0.3) is 0 Å². The maximum Gasteiger partial charge on any atom is 0.573 e. The summed E-state index contributed by atoms with van der Waals surface area (Å²) in [5.41, 5.74) is 0.0971. The summed E-state index contributed by atoms with van der Waals surface area (Å²) < 4.78 is 119. The number of aromatic nitrogens is 6. The van der Waals surface area contributed by atoms with E-state index in [0.717, 1.165) is 12.1 Å². The molecule has 232 valence electrons. The molecule has 0 fully saturated rings. The number of aliphatic hydroxyl groups is 2. The zero-order valence-corrected chi connectivity index (χ0v) is 21.1. The Morgan fingerprint density at radius 2 is 1.12 bits per heavy atom. The number of rotatable bonds is 4. The smallest absolute Gasteiger partial charge is 0.406 e. The SMILES string of the molecule is C.OCc1c(-c2ccc(OC(F)(F)F)cc2)ccc2nnc(C(F)(F)F)n12.OCc1c(Cl)ccc2nnc(C(F)(F)F)n12. The first-order valence-corrected chi connectivity index (χ1v) is 11.5. The summed E-state index contributed by atoms with van der Waals surface area (Å²) in [6, 6.07) is 9.82. The van der Waals surface area contributed by atoms with E-state index in [1.54, 1.807) is 0 Å². The summed E-state index contributed by atoms with van der Waals surface area (Å²) in [7, 11) is 0. The number of pyridine rings is 2. The van der Waals surface area contributed by atoms with Crippen molar-refractivity contribution < 1.29 is 54.5 Å². The molecule has 0 unspecified atom stereocenters. The van der Waals surface area contributed by atoms with Crippen LogP contribution in [0.25, 0.3) is 22.4 Å². The van der Waals surface area contributed by atoms with E-state index in [0.29, 0.717) is 8.80 Å². The van der Waals surface area contributed by atoms with Crippen LogP contribution < -0.4 is 4.74 Å². The van der Waals surface area contributed by atoms with Crippen LogP contribution in [-0.4, -0.2) is 45.8 Å². The Morgan fingerprint density at radius 1 is 0.651 bits per heavy atom. The van der Waals surface area contributed by atoms with E-state index in [1.807, 2.05) is 0 Å². The maximum absolute atomic E-state index is 13.1. The van der Waals surface area contributed by atoms with Crippen LogP contribution in [0.4, 0.5) is 39.5 Å². The molecule has 0 spiro atoms. The normalized spacial score (nSPS) is 12.2. The Kier molecular flexibility index (Phi) is 9.47. The van der Waals surface area contributed by atoms with Gasteiger partial charge in [-0.1, -0.05) is 31.2 Å². The molecule has 0 saturated heterocycles. The predicted molar refractivity (Wildman–Crippen MR) is 132 cm³/mol. The van der Waals surface area contributed by atoms with Gasteiger partial charge in [0.2, 0.25) is 11.6 Å². The van der Waals surface area contributed by atoms with Crippen molar-refractivity contribution in [3.05, 3.63) is 76.6 Å². The molecule has 5 rings (SSSR count). The predicted octanol–water partition coefficient (Wildman–Crippen LogP) is 6.34. The van der Waals surface area contributed by atoms with Crippen molar-refractivity contribution >= 4 is 22.9 Å². The second kappa shape index (κ2) is 12.2. The highest BCUT2D eigenvalue weighted by Crippen LogP contribution is 2.34. The molecule has 0 aliphatic rings. The average Bonchev–Trinajstić information content (AvgIpc) is 3.53. The number of fused-ring (bicyclic) bond motifs is 2. The Bertz CT molecular complexity index is 1720. The van der Waals surface area contributed by atoms with Crippen molar-refractivity contribution in [3.63, 3.8) is 0 Å². The average molecular weight is 645 g/mol. The summed E-state index contributed by atoms with van der Waals surface area (Å²) >= 11 is 5.68. The highest BCUT2D eigenvalue weighted by Gasteiger charge is 2.39. The lowest BCUT2D eigenvalue weighted by molar-refractivity contribution is -0.274. The minimum Gasteiger partial charge on any atom is -0.406 e. The molecule has 0 radical (unpaired) electrons. The van der Waals surface area contributed by atoms with Crippen LogP contribution in [0, 0.1) is 0 Å². The second-order valence-corrected chi connectivity index (χ2v) is 8.55. The molecule has 43 heavy (non-hydrogen) atoms. The number of ether oxygens (including phenoxy) is 1. The third-order valence-electron chi connectivity index (χ3n) is 5.49. The van der Waals surface area contributed by atoms with Crippen molar-refractivity contribution in [2.45, 2.75) is 39.4 Å². The highest BCUT2D eigenvalue weighted by molar-refractivity contribution is 6.31. The van der Waals surface area contributed by atoms with Gasteiger partial charge in [0.05, 0.1) is 29.6 Å². The Hall–Kier alpha value is -4.16. The van der Waals surface area contributed by atoms with Crippen LogP contribution in [0.1, 0.15) is 30.5 Å². The molecule has 9 nitrogen and oxygen atoms in total. The van der Waals surface area contributed by atoms with Gasteiger partial charge in [-0.05, 0) is 42.0 Å². The molecule has 19 heteroatoms. The molecule has 4 aromatic heterocycles. The van der Waals surface area contributed by atoms with Crippen LogP contribution in [0.3, 0.4) is 0 Å². The lowest BCUT2D eigenvalue weighted by atomic mass is 10.0. The summed E-state index contributed by atoms with van der Waals surface area (Å²) in [5.74, 6) is -2.99. The Labute approximate surface area is 239 Å². The summed E-state index contributed by atoms with van der Waals surface area (Å²) in [5, 5.41) is 31.5. The Morgan fingerprint density at radius 3 is 1.56 bits per heavy atom. The minimum atomic E-state index is -4.86. The summed E-state index contributed by atoms with van der Waals surface area (Å²) in [6.45, 7) is -1.40. The number of alkyl halides is 9. The maximum atomic E-state index is 13.1. The monoisotopic (exact) mass is 644 g/mol. The molecular formula is C24H18ClF9N6O3. The fraction of sp³-hybridized carbons (Fsp3) is 0.250. The molecular weight excluding hydrogens is 627 g/mol. The fourth-order valence-electron chi connectivity index (χ4n) is 3.83. The van der Waals surface area contributed by atoms with E-state index in [2.05, 4.69) is 25.1 Å². The number of benzene rings is 1. The van der Waals surface area contributed by atoms with Gasteiger partial charge in [0.1, 0.15) is 5.75 Å². The zero-order valence-electron chi connectivity index (χ0n) is 20.3. The number of aliphatic hydroxyl groups excluding tert-OH is 2. The molecule has 2 N–H and O–H groups in total. The first-order valence-electron chi connectivity index (χ1n) is 11.2. The fourth-order valence-corrected chi connectivity index (χ4v) is 4.04. The standard InChI is InChI=1S/C15H9F6N3O2.C8H5ClF3N3O.CH4/c16-14(17,18)13-23-22-12-6-5-10(11(7-25)24(12)13)8-1-3-9(4-2-8)26-15(19,20)21;9-4-1-2-6-13-14-7(8(10,11)12)15(6)5(4)3-16;/h1-6,25H,7H2;1-2,16H,3H2;1H4. The van der Waals surface area contributed by atoms with E-state index in [-0.39, 0.29) is 46.3 Å². The molecule has 0 atom stereocenters. The van der Waals surface area contributed by atoms with Crippen molar-refractivity contribution in [2.75, 3.05) is 0 Å². The molecule has 5 aromatic rings. The van der Waals surface area contributed by atoms with E-state index in [9.17, 15) is 44.6 Å². The minimum absolute atomic E-state index is 0. The van der Waals surface area contributed by atoms with E-state index in [1.165, 1.54) is 36.4 Å². The van der Waals surface area contributed by atoms with Crippen molar-refractivity contribution in [1.82, 2.24) is 29.2 Å². The first-order chi connectivity index (χ1) is 19.5. The lowest BCUT2D eigenvalue weighted by Gasteiger charge is -2.14.